The first-order chi connectivity index (χ1) is 19.9. The minimum absolute atomic E-state index is 0.710. The fraction of sp³-hybridized carbons (Fsp3) is 0.103. The van der Waals surface area contributed by atoms with E-state index in [1.54, 1.807) is 0 Å². The smallest absolute Gasteiger partial charge is 0.0786 e. The number of benzene rings is 7. The van der Waals surface area contributed by atoms with Crippen molar-refractivity contribution in [2.24, 2.45) is 0 Å². The summed E-state index contributed by atoms with van der Waals surface area (Å²) in [5, 5.41) is 14.1. The second-order valence-electron chi connectivity index (χ2n) is 11.4. The van der Waals surface area contributed by atoms with Crippen LogP contribution >= 0.6 is 0 Å². The Morgan fingerprint density at radius 2 is 1.02 bits per heavy atom. The van der Waals surface area contributed by atoms with Gasteiger partial charge >= 0.3 is 0 Å². The van der Waals surface area contributed by atoms with Crippen LogP contribution in [0.2, 0.25) is 0 Å². The van der Waals surface area contributed by atoms with E-state index in [9.17, 15) is 0 Å². The van der Waals surface area contributed by atoms with Crippen molar-refractivity contribution in [2.75, 3.05) is 0 Å². The van der Waals surface area contributed by atoms with Gasteiger partial charge in [0.25, 0.3) is 0 Å². The fourth-order valence-electron chi connectivity index (χ4n) is 7.26. The largest absolute Gasteiger partial charge is 0.255 e. The van der Waals surface area contributed by atoms with Gasteiger partial charge in [-0.1, -0.05) is 122 Å². The molecule has 1 heterocycles. The van der Waals surface area contributed by atoms with Crippen molar-refractivity contribution >= 4 is 64.8 Å². The predicted octanol–water partition coefficient (Wildman–Crippen LogP) is 10.9. The Balaban J connectivity index is 1.47. The average molecular weight is 510 g/mol. The number of hydrogen-bond acceptors (Lipinski definition) is 1. The average Bonchev–Trinajstić information content (AvgIpc) is 2.99. The Morgan fingerprint density at radius 3 is 1.68 bits per heavy atom. The van der Waals surface area contributed by atoms with Crippen LogP contribution in [0, 0.1) is 0 Å². The van der Waals surface area contributed by atoms with E-state index in [1.165, 1.54) is 95.2 Å². The molecule has 0 N–H and O–H groups in total. The van der Waals surface area contributed by atoms with Crippen LogP contribution in [0.15, 0.2) is 121 Å². The predicted molar refractivity (Wildman–Crippen MR) is 171 cm³/mol. The van der Waals surface area contributed by atoms with E-state index in [2.05, 4.69) is 121 Å². The first-order valence-electron chi connectivity index (χ1n) is 14.4. The summed E-state index contributed by atoms with van der Waals surface area (Å²) in [7, 11) is 0. The summed E-state index contributed by atoms with van der Waals surface area (Å²) in [6.45, 7) is 0. The summed E-state index contributed by atoms with van der Waals surface area (Å²) in [5.74, 6) is 0.710. The molecule has 1 nitrogen and oxygen atoms in total. The van der Waals surface area contributed by atoms with Crippen LogP contribution in [-0.2, 0) is 0 Å². The number of rotatable bonds is 2. The van der Waals surface area contributed by atoms with Gasteiger partial charge in [-0.2, -0.15) is 0 Å². The van der Waals surface area contributed by atoms with Crippen LogP contribution in [0.4, 0.5) is 0 Å². The van der Waals surface area contributed by atoms with Crippen LogP contribution in [0.3, 0.4) is 0 Å². The maximum absolute atomic E-state index is 5.24. The lowest BCUT2D eigenvalue weighted by Crippen LogP contribution is -2.08. The van der Waals surface area contributed by atoms with E-state index < -0.39 is 0 Å². The molecule has 0 unspecified atom stereocenters. The lowest BCUT2D eigenvalue weighted by molar-refractivity contribution is 0.420. The van der Waals surface area contributed by atoms with E-state index in [-0.39, 0.29) is 0 Å². The van der Waals surface area contributed by atoms with Crippen LogP contribution in [0.1, 0.15) is 30.7 Å². The molecule has 40 heavy (non-hydrogen) atoms. The third-order valence-corrected chi connectivity index (χ3v) is 9.34. The van der Waals surface area contributed by atoms with Gasteiger partial charge in [0.2, 0.25) is 0 Å². The normalized spacial score (nSPS) is 14.1. The molecule has 1 heteroatoms. The SMILES string of the molecule is c1cc(-c2cccc3c2ncc2c3c3ccccc3c3c4ccccc4c4ccccc4c23)cc(C2CCC2)c1. The van der Waals surface area contributed by atoms with E-state index in [0.29, 0.717) is 5.92 Å². The maximum Gasteiger partial charge on any atom is 0.0786 e. The zero-order chi connectivity index (χ0) is 26.2. The Labute approximate surface area is 232 Å². The van der Waals surface area contributed by atoms with Crippen molar-refractivity contribution in [1.82, 2.24) is 4.98 Å². The lowest BCUT2D eigenvalue weighted by atomic mass is 9.79. The maximum atomic E-state index is 5.24. The standard InChI is InChI=1S/C39H27N/c1-3-16-30-28(14-1)29-15-2-4-17-31(29)38-35-23-40-39-27(26-13-8-12-25(22-26)24-10-7-11-24)20-9-21-34(39)36(35)32-18-5-6-19-33(32)37(30)38/h1-6,8-9,12-24H,7,10-11H2. The molecule has 0 bridgehead atoms. The van der Waals surface area contributed by atoms with E-state index in [4.69, 9.17) is 4.98 Å². The van der Waals surface area contributed by atoms with Gasteiger partial charge in [-0.3, -0.25) is 4.98 Å². The number of para-hydroxylation sites is 1. The third-order valence-electron chi connectivity index (χ3n) is 9.34. The molecule has 1 aliphatic rings. The molecular weight excluding hydrogens is 482 g/mol. The quantitative estimate of drug-likeness (QED) is 0.211. The van der Waals surface area contributed by atoms with E-state index in [0.717, 1.165) is 5.52 Å². The Hall–Kier alpha value is -4.75. The number of hydrogen-bond donors (Lipinski definition) is 0. The fourth-order valence-corrected chi connectivity index (χ4v) is 7.26. The highest BCUT2D eigenvalue weighted by molar-refractivity contribution is 6.41. The second kappa shape index (κ2) is 8.37. The van der Waals surface area contributed by atoms with Gasteiger partial charge in [0.1, 0.15) is 0 Å². The Morgan fingerprint density at radius 1 is 0.475 bits per heavy atom. The van der Waals surface area contributed by atoms with Crippen molar-refractivity contribution in [2.45, 2.75) is 25.2 Å². The number of aromatic nitrogens is 1. The molecule has 188 valence electrons. The summed E-state index contributed by atoms with van der Waals surface area (Å²) < 4.78 is 0. The minimum Gasteiger partial charge on any atom is -0.255 e. The highest BCUT2D eigenvalue weighted by Gasteiger charge is 2.21. The van der Waals surface area contributed by atoms with Gasteiger partial charge in [0.05, 0.1) is 5.52 Å². The molecule has 0 saturated heterocycles. The third kappa shape index (κ3) is 3.01. The summed E-state index contributed by atoms with van der Waals surface area (Å²) >= 11 is 0. The highest BCUT2D eigenvalue weighted by Crippen LogP contribution is 2.46. The Bertz CT molecular complexity index is 2310. The summed E-state index contributed by atoms with van der Waals surface area (Å²) in [4.78, 5) is 5.24. The first kappa shape index (κ1) is 22.1. The summed E-state index contributed by atoms with van der Waals surface area (Å²) in [5.41, 5.74) is 5.03. The summed E-state index contributed by atoms with van der Waals surface area (Å²) in [6.07, 6.45) is 6.11. The molecule has 1 aliphatic carbocycles. The molecule has 7 aromatic carbocycles. The van der Waals surface area contributed by atoms with Gasteiger partial charge in [-0.25, -0.2) is 0 Å². The summed E-state index contributed by atoms with van der Waals surface area (Å²) in [6, 6.07) is 42.6. The topological polar surface area (TPSA) is 12.9 Å². The van der Waals surface area contributed by atoms with Gasteiger partial charge in [-0.15, -0.1) is 0 Å². The molecule has 1 fully saturated rings. The van der Waals surface area contributed by atoms with Crippen LogP contribution in [-0.4, -0.2) is 4.98 Å². The number of fused-ring (bicyclic) bond motifs is 13. The molecule has 9 rings (SSSR count). The van der Waals surface area contributed by atoms with Crippen LogP contribution < -0.4 is 0 Å². The highest BCUT2D eigenvalue weighted by atomic mass is 14.7. The van der Waals surface area contributed by atoms with Gasteiger partial charge < -0.3 is 0 Å². The lowest BCUT2D eigenvalue weighted by Gasteiger charge is -2.26. The van der Waals surface area contributed by atoms with Crippen molar-refractivity contribution in [3.05, 3.63) is 127 Å². The Kier molecular flexibility index (Phi) is 4.63. The number of nitrogens with zero attached hydrogens (tertiary/aromatic N) is 1. The number of pyridine rings is 1. The van der Waals surface area contributed by atoms with Crippen molar-refractivity contribution in [1.29, 1.82) is 0 Å². The van der Waals surface area contributed by atoms with Gasteiger partial charge in [0, 0.05) is 33.3 Å². The molecule has 1 saturated carbocycles. The molecule has 8 aromatic rings. The molecule has 0 atom stereocenters. The zero-order valence-electron chi connectivity index (χ0n) is 22.2. The zero-order valence-corrected chi connectivity index (χ0v) is 22.2. The van der Waals surface area contributed by atoms with Crippen LogP contribution in [0.5, 0.6) is 0 Å². The first-order valence-corrected chi connectivity index (χ1v) is 14.4. The molecule has 0 amide bonds. The van der Waals surface area contributed by atoms with E-state index in [1.807, 2.05) is 0 Å². The monoisotopic (exact) mass is 509 g/mol. The van der Waals surface area contributed by atoms with Crippen LogP contribution in [0.25, 0.3) is 75.9 Å². The minimum atomic E-state index is 0.710. The van der Waals surface area contributed by atoms with Crippen molar-refractivity contribution in [3.63, 3.8) is 0 Å². The molecule has 0 aliphatic heterocycles. The van der Waals surface area contributed by atoms with Crippen molar-refractivity contribution in [3.8, 4) is 11.1 Å². The molecular formula is C39H27N. The molecule has 0 radical (unpaired) electrons. The van der Waals surface area contributed by atoms with Gasteiger partial charge in [0.15, 0.2) is 0 Å². The van der Waals surface area contributed by atoms with Crippen molar-refractivity contribution < 1.29 is 0 Å². The van der Waals surface area contributed by atoms with E-state index >= 15 is 0 Å². The molecule has 0 spiro atoms. The second-order valence-corrected chi connectivity index (χ2v) is 11.4. The van der Waals surface area contributed by atoms with Gasteiger partial charge in [-0.05, 0) is 67.6 Å². The molecule has 1 aromatic heterocycles.